The highest BCUT2D eigenvalue weighted by Crippen LogP contribution is 2.31. The maximum atomic E-state index is 11.2. The fourth-order valence-electron chi connectivity index (χ4n) is 2.76. The Balaban J connectivity index is 1.99. The summed E-state index contributed by atoms with van der Waals surface area (Å²) in [7, 11) is 1.43. The minimum Gasteiger partial charge on any atom is -0.469 e. The highest BCUT2D eigenvalue weighted by molar-refractivity contribution is 5.72. The molecule has 0 saturated heterocycles. The number of esters is 1. The predicted molar refractivity (Wildman–Crippen MR) is 72.6 cm³/mol. The van der Waals surface area contributed by atoms with Crippen LogP contribution < -0.4 is 0 Å². The van der Waals surface area contributed by atoms with E-state index in [0.29, 0.717) is 6.42 Å². The Hall–Kier alpha value is -1.31. The van der Waals surface area contributed by atoms with Crippen molar-refractivity contribution < 1.29 is 9.53 Å². The van der Waals surface area contributed by atoms with Crippen LogP contribution in [0.2, 0.25) is 0 Å². The Labute approximate surface area is 109 Å². The summed E-state index contributed by atoms with van der Waals surface area (Å²) in [5.41, 5.74) is 2.48. The molecule has 1 aliphatic rings. The van der Waals surface area contributed by atoms with Gasteiger partial charge in [0, 0.05) is 0 Å². The van der Waals surface area contributed by atoms with Gasteiger partial charge in [-0.3, -0.25) is 4.79 Å². The minimum atomic E-state index is -0.169. The smallest absolute Gasteiger partial charge is 0.309 e. The van der Waals surface area contributed by atoms with Crippen molar-refractivity contribution in [3.63, 3.8) is 0 Å². The van der Waals surface area contributed by atoms with E-state index >= 15 is 0 Å². The lowest BCUT2D eigenvalue weighted by molar-refractivity contribution is -0.139. The van der Waals surface area contributed by atoms with Gasteiger partial charge in [-0.05, 0) is 29.9 Å². The zero-order valence-corrected chi connectivity index (χ0v) is 11.2. The molecule has 0 unspecified atom stereocenters. The normalized spacial score (nSPS) is 17.2. The quantitative estimate of drug-likeness (QED) is 0.598. The molecule has 18 heavy (non-hydrogen) atoms. The van der Waals surface area contributed by atoms with E-state index in [1.54, 1.807) is 0 Å². The van der Waals surface area contributed by atoms with Crippen LogP contribution in [-0.4, -0.2) is 13.1 Å². The van der Waals surface area contributed by atoms with Gasteiger partial charge in [-0.2, -0.15) is 0 Å². The van der Waals surface area contributed by atoms with Gasteiger partial charge < -0.3 is 4.74 Å². The molecule has 1 saturated carbocycles. The second-order valence-electron chi connectivity index (χ2n) is 5.18. The zero-order valence-electron chi connectivity index (χ0n) is 11.2. The van der Waals surface area contributed by atoms with Crippen LogP contribution in [0.4, 0.5) is 0 Å². The van der Waals surface area contributed by atoms with Gasteiger partial charge in [0.2, 0.25) is 0 Å². The van der Waals surface area contributed by atoms with Crippen molar-refractivity contribution in [2.75, 3.05) is 7.11 Å². The summed E-state index contributed by atoms with van der Waals surface area (Å²) in [4.78, 5) is 11.2. The molecule has 1 aliphatic carbocycles. The summed E-state index contributed by atoms with van der Waals surface area (Å²) < 4.78 is 4.68. The Bertz CT molecular complexity index is 373. The van der Waals surface area contributed by atoms with Crippen molar-refractivity contribution in [2.24, 2.45) is 0 Å². The molecule has 2 nitrogen and oxygen atoms in total. The summed E-state index contributed by atoms with van der Waals surface area (Å²) in [6, 6.07) is 8.51. The average Bonchev–Trinajstić information content (AvgIpc) is 2.68. The fraction of sp³-hybridized carbons (Fsp3) is 0.562. The van der Waals surface area contributed by atoms with Crippen LogP contribution in [0, 0.1) is 0 Å². The van der Waals surface area contributed by atoms with Gasteiger partial charge in [0.25, 0.3) is 0 Å². The molecule has 2 heteroatoms. The van der Waals surface area contributed by atoms with E-state index in [4.69, 9.17) is 0 Å². The maximum Gasteiger partial charge on any atom is 0.309 e. The van der Waals surface area contributed by atoms with E-state index < -0.39 is 0 Å². The second kappa shape index (κ2) is 6.58. The SMILES string of the molecule is COC(=O)Cc1ccc(C2CCCCCC2)cc1. The summed E-state index contributed by atoms with van der Waals surface area (Å²) in [5.74, 6) is 0.553. The lowest BCUT2D eigenvalue weighted by Crippen LogP contribution is -2.04. The van der Waals surface area contributed by atoms with Crippen molar-refractivity contribution in [1.82, 2.24) is 0 Å². The molecule has 1 fully saturated rings. The largest absolute Gasteiger partial charge is 0.469 e. The first-order valence-corrected chi connectivity index (χ1v) is 6.95. The molecular weight excluding hydrogens is 224 g/mol. The first-order valence-electron chi connectivity index (χ1n) is 6.95. The summed E-state index contributed by atoms with van der Waals surface area (Å²) >= 11 is 0. The van der Waals surface area contributed by atoms with Crippen LogP contribution in [-0.2, 0) is 16.0 Å². The number of hydrogen-bond donors (Lipinski definition) is 0. The zero-order chi connectivity index (χ0) is 12.8. The number of methoxy groups -OCH3 is 1. The van der Waals surface area contributed by atoms with Crippen LogP contribution in [0.25, 0.3) is 0 Å². The van der Waals surface area contributed by atoms with E-state index in [-0.39, 0.29) is 5.97 Å². The number of benzene rings is 1. The molecule has 1 aromatic carbocycles. The first-order chi connectivity index (χ1) is 8.79. The van der Waals surface area contributed by atoms with Gasteiger partial charge in [-0.1, -0.05) is 49.9 Å². The van der Waals surface area contributed by atoms with Crippen molar-refractivity contribution in [3.05, 3.63) is 35.4 Å². The number of rotatable bonds is 3. The molecule has 0 atom stereocenters. The second-order valence-corrected chi connectivity index (χ2v) is 5.18. The standard InChI is InChI=1S/C16H22O2/c1-18-16(17)12-13-8-10-15(11-9-13)14-6-4-2-3-5-7-14/h8-11,14H,2-7,12H2,1H3. The Morgan fingerprint density at radius 3 is 2.28 bits per heavy atom. The molecule has 0 aromatic heterocycles. The predicted octanol–water partition coefficient (Wildman–Crippen LogP) is 3.84. The Morgan fingerprint density at radius 1 is 1.11 bits per heavy atom. The number of carbonyl (C=O) groups is 1. The molecule has 0 spiro atoms. The molecular formula is C16H22O2. The molecule has 0 aliphatic heterocycles. The molecule has 0 N–H and O–H groups in total. The molecule has 98 valence electrons. The molecule has 1 aromatic rings. The van der Waals surface area contributed by atoms with Crippen molar-refractivity contribution in [2.45, 2.75) is 50.9 Å². The number of hydrogen-bond acceptors (Lipinski definition) is 2. The maximum absolute atomic E-state index is 11.2. The van der Waals surface area contributed by atoms with Crippen molar-refractivity contribution in [3.8, 4) is 0 Å². The topological polar surface area (TPSA) is 26.3 Å². The van der Waals surface area contributed by atoms with E-state index in [2.05, 4.69) is 29.0 Å². The van der Waals surface area contributed by atoms with Crippen LogP contribution in [0.3, 0.4) is 0 Å². The lowest BCUT2D eigenvalue weighted by Gasteiger charge is -2.14. The van der Waals surface area contributed by atoms with Gasteiger partial charge in [0.05, 0.1) is 13.5 Å². The van der Waals surface area contributed by atoms with E-state index in [0.717, 1.165) is 11.5 Å². The summed E-state index contributed by atoms with van der Waals surface area (Å²) in [6.45, 7) is 0. The van der Waals surface area contributed by atoms with E-state index in [1.807, 2.05) is 0 Å². The highest BCUT2D eigenvalue weighted by atomic mass is 16.5. The molecule has 0 heterocycles. The van der Waals surface area contributed by atoms with E-state index in [1.165, 1.54) is 51.2 Å². The molecule has 0 radical (unpaired) electrons. The van der Waals surface area contributed by atoms with Gasteiger partial charge in [-0.15, -0.1) is 0 Å². The number of carbonyl (C=O) groups excluding carboxylic acids is 1. The van der Waals surface area contributed by atoms with Gasteiger partial charge >= 0.3 is 5.97 Å². The molecule has 2 rings (SSSR count). The van der Waals surface area contributed by atoms with Crippen LogP contribution >= 0.6 is 0 Å². The van der Waals surface area contributed by atoms with Crippen molar-refractivity contribution in [1.29, 1.82) is 0 Å². The fourth-order valence-corrected chi connectivity index (χ4v) is 2.76. The van der Waals surface area contributed by atoms with Crippen LogP contribution in [0.15, 0.2) is 24.3 Å². The molecule has 0 amide bonds. The third kappa shape index (κ3) is 3.59. The van der Waals surface area contributed by atoms with Crippen LogP contribution in [0.1, 0.15) is 55.6 Å². The Kier molecular flexibility index (Phi) is 4.80. The minimum absolute atomic E-state index is 0.169. The van der Waals surface area contributed by atoms with Crippen molar-refractivity contribution >= 4 is 5.97 Å². The molecule has 0 bridgehead atoms. The first kappa shape index (κ1) is 13.1. The monoisotopic (exact) mass is 246 g/mol. The van der Waals surface area contributed by atoms with Gasteiger partial charge in [0.1, 0.15) is 0 Å². The van der Waals surface area contributed by atoms with E-state index in [9.17, 15) is 4.79 Å². The average molecular weight is 246 g/mol. The van der Waals surface area contributed by atoms with Gasteiger partial charge in [-0.25, -0.2) is 0 Å². The number of ether oxygens (including phenoxy) is 1. The highest BCUT2D eigenvalue weighted by Gasteiger charge is 2.14. The third-order valence-electron chi connectivity index (χ3n) is 3.88. The lowest BCUT2D eigenvalue weighted by atomic mass is 9.91. The van der Waals surface area contributed by atoms with Gasteiger partial charge in [0.15, 0.2) is 0 Å². The third-order valence-corrected chi connectivity index (χ3v) is 3.88. The summed E-state index contributed by atoms with van der Waals surface area (Å²) in [6.07, 6.45) is 8.49. The summed E-state index contributed by atoms with van der Waals surface area (Å²) in [5, 5.41) is 0. The van der Waals surface area contributed by atoms with Crippen LogP contribution in [0.5, 0.6) is 0 Å². The Morgan fingerprint density at radius 2 is 1.72 bits per heavy atom.